The maximum absolute atomic E-state index is 11.1. The van der Waals surface area contributed by atoms with Gasteiger partial charge in [-0.3, -0.25) is 4.79 Å². The number of ether oxygens (including phenoxy) is 1. The van der Waals surface area contributed by atoms with Crippen molar-refractivity contribution in [2.75, 3.05) is 27.2 Å². The van der Waals surface area contributed by atoms with Crippen LogP contribution < -0.4 is 5.32 Å². The van der Waals surface area contributed by atoms with Crippen LogP contribution in [0.15, 0.2) is 0 Å². The summed E-state index contributed by atoms with van der Waals surface area (Å²) in [7, 11) is 3.54. The van der Waals surface area contributed by atoms with Crippen molar-refractivity contribution in [1.29, 1.82) is 0 Å². The molecule has 1 rings (SSSR count). The van der Waals surface area contributed by atoms with Crippen LogP contribution in [0, 0.1) is 0 Å². The van der Waals surface area contributed by atoms with Crippen LogP contribution in [0.3, 0.4) is 0 Å². The Morgan fingerprint density at radius 3 is 3.00 bits per heavy atom. The van der Waals surface area contributed by atoms with Gasteiger partial charge in [-0.25, -0.2) is 0 Å². The van der Waals surface area contributed by atoms with E-state index in [2.05, 4.69) is 28.9 Å². The fourth-order valence-corrected chi connectivity index (χ4v) is 1.73. The zero-order chi connectivity index (χ0) is 10.6. The molecule has 0 aromatic carbocycles. The minimum atomic E-state index is -0.134. The Hall–Kier alpha value is -0.610. The van der Waals surface area contributed by atoms with Gasteiger partial charge in [-0.15, -0.1) is 0 Å². The minimum absolute atomic E-state index is 0.134. The molecule has 1 saturated heterocycles. The molecule has 0 aliphatic carbocycles. The molecule has 4 heteroatoms. The summed E-state index contributed by atoms with van der Waals surface area (Å²) in [5.41, 5.74) is 0. The molecule has 1 N–H and O–H groups in total. The summed E-state index contributed by atoms with van der Waals surface area (Å²) in [6.45, 7) is 4.10. The van der Waals surface area contributed by atoms with Gasteiger partial charge in [-0.05, 0) is 26.9 Å². The molecule has 0 spiro atoms. The molecule has 0 aromatic heterocycles. The highest BCUT2D eigenvalue weighted by atomic mass is 16.5. The quantitative estimate of drug-likeness (QED) is 0.648. The average Bonchev–Trinajstić information content (AvgIpc) is 2.30. The van der Waals surface area contributed by atoms with E-state index in [4.69, 9.17) is 0 Å². The molecular formula is C10H20N2O2. The fraction of sp³-hybridized carbons (Fsp3) is 0.900. The lowest BCUT2D eigenvalue weighted by Crippen LogP contribution is -2.39. The second-order valence-electron chi connectivity index (χ2n) is 4.01. The van der Waals surface area contributed by atoms with Crippen molar-refractivity contribution < 1.29 is 9.53 Å². The Morgan fingerprint density at radius 2 is 2.36 bits per heavy atom. The second kappa shape index (κ2) is 5.32. The van der Waals surface area contributed by atoms with Gasteiger partial charge in [0.1, 0.15) is 0 Å². The van der Waals surface area contributed by atoms with Gasteiger partial charge in [0.25, 0.3) is 0 Å². The first kappa shape index (κ1) is 11.5. The van der Waals surface area contributed by atoms with E-state index in [1.807, 2.05) is 0 Å². The van der Waals surface area contributed by atoms with E-state index in [1.165, 1.54) is 7.11 Å². The number of methoxy groups -OCH3 is 1. The zero-order valence-corrected chi connectivity index (χ0v) is 9.25. The maximum atomic E-state index is 11.1. The third-order valence-corrected chi connectivity index (χ3v) is 2.90. The van der Waals surface area contributed by atoms with E-state index in [0.717, 1.165) is 19.5 Å². The molecule has 1 aliphatic rings. The first-order valence-electron chi connectivity index (χ1n) is 5.14. The second-order valence-corrected chi connectivity index (χ2v) is 4.01. The Balaban J connectivity index is 2.42. The van der Waals surface area contributed by atoms with Crippen LogP contribution >= 0.6 is 0 Å². The van der Waals surface area contributed by atoms with Crippen molar-refractivity contribution >= 4 is 5.97 Å². The van der Waals surface area contributed by atoms with E-state index >= 15 is 0 Å². The number of esters is 1. The molecule has 2 unspecified atom stereocenters. The Labute approximate surface area is 85.6 Å². The first-order valence-corrected chi connectivity index (χ1v) is 5.14. The van der Waals surface area contributed by atoms with Crippen molar-refractivity contribution in [1.82, 2.24) is 10.2 Å². The summed E-state index contributed by atoms with van der Waals surface area (Å²) in [4.78, 5) is 13.4. The van der Waals surface area contributed by atoms with E-state index in [9.17, 15) is 4.79 Å². The zero-order valence-electron chi connectivity index (χ0n) is 9.25. The van der Waals surface area contributed by atoms with Gasteiger partial charge in [-0.2, -0.15) is 0 Å². The predicted molar refractivity (Wildman–Crippen MR) is 55.1 cm³/mol. The summed E-state index contributed by atoms with van der Waals surface area (Å²) in [5.74, 6) is -0.134. The number of nitrogens with zero attached hydrogens (tertiary/aromatic N) is 1. The number of rotatable bonds is 2. The van der Waals surface area contributed by atoms with Crippen molar-refractivity contribution in [2.24, 2.45) is 0 Å². The summed E-state index contributed by atoms with van der Waals surface area (Å²) in [6, 6.07) is 0.822. The number of likely N-dealkylation sites (N-methyl/N-ethyl adjacent to an activating group) is 1. The Bertz CT molecular complexity index is 197. The summed E-state index contributed by atoms with van der Waals surface area (Å²) >= 11 is 0. The molecule has 1 heterocycles. The molecule has 0 aromatic rings. The highest BCUT2D eigenvalue weighted by Gasteiger charge is 2.21. The molecule has 0 radical (unpaired) electrons. The van der Waals surface area contributed by atoms with Gasteiger partial charge in [0, 0.05) is 18.6 Å². The van der Waals surface area contributed by atoms with Crippen molar-refractivity contribution in [3.05, 3.63) is 0 Å². The summed E-state index contributed by atoms with van der Waals surface area (Å²) in [5, 5.41) is 3.37. The lowest BCUT2D eigenvalue weighted by molar-refractivity contribution is -0.141. The minimum Gasteiger partial charge on any atom is -0.469 e. The van der Waals surface area contributed by atoms with E-state index in [1.54, 1.807) is 0 Å². The molecule has 0 saturated carbocycles. The molecular weight excluding hydrogens is 180 g/mol. The average molecular weight is 200 g/mol. The van der Waals surface area contributed by atoms with Crippen molar-refractivity contribution in [3.63, 3.8) is 0 Å². The summed E-state index contributed by atoms with van der Waals surface area (Å²) in [6.07, 6.45) is 1.60. The van der Waals surface area contributed by atoms with Gasteiger partial charge >= 0.3 is 5.97 Å². The van der Waals surface area contributed by atoms with Crippen LogP contribution in [-0.2, 0) is 9.53 Å². The van der Waals surface area contributed by atoms with Crippen molar-refractivity contribution in [3.8, 4) is 0 Å². The van der Waals surface area contributed by atoms with Crippen LogP contribution in [-0.4, -0.2) is 50.2 Å². The number of carbonyl (C=O) groups excluding carboxylic acids is 1. The molecule has 4 nitrogen and oxygen atoms in total. The highest BCUT2D eigenvalue weighted by Crippen LogP contribution is 2.08. The Morgan fingerprint density at radius 1 is 1.64 bits per heavy atom. The van der Waals surface area contributed by atoms with Crippen LogP contribution in [0.5, 0.6) is 0 Å². The molecule has 1 aliphatic heterocycles. The normalized spacial score (nSPS) is 29.6. The number of hydrogen-bond donors (Lipinski definition) is 1. The SMILES string of the molecule is COC(=O)CC1CN(C)C(C)CCN1. The smallest absolute Gasteiger partial charge is 0.307 e. The molecule has 0 amide bonds. The lowest BCUT2D eigenvalue weighted by atomic mass is 10.2. The van der Waals surface area contributed by atoms with E-state index in [0.29, 0.717) is 12.5 Å². The number of hydrogen-bond acceptors (Lipinski definition) is 4. The standard InChI is InChI=1S/C10H20N2O2/c1-8-4-5-11-9(7-12(8)2)6-10(13)14-3/h8-9,11H,4-7H2,1-3H3. The topological polar surface area (TPSA) is 41.6 Å². The largest absolute Gasteiger partial charge is 0.469 e. The third kappa shape index (κ3) is 3.27. The maximum Gasteiger partial charge on any atom is 0.307 e. The van der Waals surface area contributed by atoms with Crippen LogP contribution in [0.2, 0.25) is 0 Å². The highest BCUT2D eigenvalue weighted by molar-refractivity contribution is 5.69. The molecule has 2 atom stereocenters. The first-order chi connectivity index (χ1) is 6.63. The van der Waals surface area contributed by atoms with Gasteiger partial charge in [0.2, 0.25) is 0 Å². The molecule has 14 heavy (non-hydrogen) atoms. The molecule has 1 fully saturated rings. The van der Waals surface area contributed by atoms with Crippen LogP contribution in [0.25, 0.3) is 0 Å². The van der Waals surface area contributed by atoms with E-state index in [-0.39, 0.29) is 12.0 Å². The lowest BCUT2D eigenvalue weighted by Gasteiger charge is -2.23. The van der Waals surface area contributed by atoms with Crippen molar-refractivity contribution in [2.45, 2.75) is 31.8 Å². The fourth-order valence-electron chi connectivity index (χ4n) is 1.73. The van der Waals surface area contributed by atoms with Crippen LogP contribution in [0.4, 0.5) is 0 Å². The van der Waals surface area contributed by atoms with Gasteiger partial charge in [0.05, 0.1) is 13.5 Å². The number of nitrogens with one attached hydrogen (secondary N) is 1. The predicted octanol–water partition coefficient (Wildman–Crippen LogP) is 0.232. The molecule has 0 bridgehead atoms. The van der Waals surface area contributed by atoms with Gasteiger partial charge in [0.15, 0.2) is 0 Å². The van der Waals surface area contributed by atoms with Gasteiger partial charge < -0.3 is 15.0 Å². The Kier molecular flexibility index (Phi) is 4.35. The van der Waals surface area contributed by atoms with Crippen LogP contribution in [0.1, 0.15) is 19.8 Å². The number of carbonyl (C=O) groups is 1. The van der Waals surface area contributed by atoms with E-state index < -0.39 is 0 Å². The third-order valence-electron chi connectivity index (χ3n) is 2.90. The summed E-state index contributed by atoms with van der Waals surface area (Å²) < 4.78 is 4.66. The van der Waals surface area contributed by atoms with Gasteiger partial charge in [-0.1, -0.05) is 0 Å². The monoisotopic (exact) mass is 200 g/mol. The molecule has 82 valence electrons.